The van der Waals surface area contributed by atoms with Gasteiger partial charge in [-0.3, -0.25) is 0 Å². The summed E-state index contributed by atoms with van der Waals surface area (Å²) in [5.41, 5.74) is 5.76. The fourth-order valence-electron chi connectivity index (χ4n) is 3.03. The van der Waals surface area contributed by atoms with Crippen LogP contribution in [0, 0.1) is 17.2 Å². The molecule has 0 saturated heterocycles. The van der Waals surface area contributed by atoms with Gasteiger partial charge in [0, 0.05) is 6.04 Å². The lowest BCUT2D eigenvalue weighted by molar-refractivity contribution is 0.539. The molecular weight excluding hydrogens is 292 g/mol. The number of nitrogens with two attached hydrogens (primary N) is 1. The predicted molar refractivity (Wildman–Crippen MR) is 107 cm³/mol. The Kier molecular flexibility index (Phi) is 17.9. The lowest BCUT2D eigenvalue weighted by Gasteiger charge is -2.09. The minimum Gasteiger partial charge on any atom is -0.327 e. The number of allylic oxidation sites excluding steroid dienone is 2. The van der Waals surface area contributed by atoms with Crippen LogP contribution in [-0.2, 0) is 0 Å². The van der Waals surface area contributed by atoms with Crippen LogP contribution in [-0.4, -0.2) is 6.04 Å². The van der Waals surface area contributed by atoms with Crippen LogP contribution in [0.25, 0.3) is 0 Å². The van der Waals surface area contributed by atoms with Gasteiger partial charge in [0.2, 0.25) is 0 Å². The standard InChI is InChI=1S/C22H42N2/c1-3-4-5-6-7-8-9-10-11-12-13-14-15-16-17-18-19-22(20-23)21(2)24/h17-18,21-22H,3-16,19,24H2,1-2H3/b18-17+. The van der Waals surface area contributed by atoms with Crippen LogP contribution >= 0.6 is 0 Å². The van der Waals surface area contributed by atoms with Gasteiger partial charge in [-0.2, -0.15) is 5.26 Å². The summed E-state index contributed by atoms with van der Waals surface area (Å²) in [6, 6.07) is 2.25. The number of unbranched alkanes of at least 4 members (excludes halogenated alkanes) is 13. The van der Waals surface area contributed by atoms with Gasteiger partial charge in [-0.05, 0) is 26.2 Å². The minimum atomic E-state index is -0.0344. The first kappa shape index (κ1) is 23.2. The molecule has 140 valence electrons. The van der Waals surface area contributed by atoms with E-state index in [1.54, 1.807) is 0 Å². The highest BCUT2D eigenvalue weighted by molar-refractivity contribution is 4.95. The van der Waals surface area contributed by atoms with Crippen molar-refractivity contribution < 1.29 is 0 Å². The van der Waals surface area contributed by atoms with Crippen LogP contribution in [0.3, 0.4) is 0 Å². The summed E-state index contributed by atoms with van der Waals surface area (Å²) in [6.07, 6.45) is 24.5. The van der Waals surface area contributed by atoms with E-state index >= 15 is 0 Å². The maximum Gasteiger partial charge on any atom is 0.0675 e. The molecule has 24 heavy (non-hydrogen) atoms. The second-order valence-corrected chi connectivity index (χ2v) is 7.33. The van der Waals surface area contributed by atoms with Gasteiger partial charge in [0.15, 0.2) is 0 Å². The van der Waals surface area contributed by atoms with Gasteiger partial charge in [0.05, 0.1) is 12.0 Å². The molecule has 0 aliphatic rings. The summed E-state index contributed by atoms with van der Waals surface area (Å²) in [6.45, 7) is 4.19. The summed E-state index contributed by atoms with van der Waals surface area (Å²) >= 11 is 0. The second-order valence-electron chi connectivity index (χ2n) is 7.33. The lowest BCUT2D eigenvalue weighted by atomic mass is 9.99. The first-order valence-corrected chi connectivity index (χ1v) is 10.5. The van der Waals surface area contributed by atoms with E-state index in [1.807, 2.05) is 6.92 Å². The van der Waals surface area contributed by atoms with Crippen LogP contribution in [0.1, 0.15) is 110 Å². The maximum absolute atomic E-state index is 8.96. The van der Waals surface area contributed by atoms with E-state index in [2.05, 4.69) is 25.1 Å². The fourth-order valence-corrected chi connectivity index (χ4v) is 3.03. The zero-order valence-corrected chi connectivity index (χ0v) is 16.4. The van der Waals surface area contributed by atoms with Crippen molar-refractivity contribution in [1.29, 1.82) is 5.26 Å². The molecule has 0 fully saturated rings. The molecule has 0 aromatic rings. The molecule has 0 bridgehead atoms. The Morgan fingerprint density at radius 3 is 1.67 bits per heavy atom. The van der Waals surface area contributed by atoms with Crippen molar-refractivity contribution >= 4 is 0 Å². The van der Waals surface area contributed by atoms with Crippen molar-refractivity contribution in [3.05, 3.63) is 12.2 Å². The lowest BCUT2D eigenvalue weighted by Crippen LogP contribution is -2.24. The molecule has 0 amide bonds. The van der Waals surface area contributed by atoms with E-state index in [1.165, 1.54) is 83.5 Å². The van der Waals surface area contributed by atoms with Crippen LogP contribution in [0.15, 0.2) is 12.2 Å². The Balaban J connectivity index is 3.22. The molecule has 0 spiro atoms. The first-order chi connectivity index (χ1) is 11.7. The Morgan fingerprint density at radius 2 is 1.25 bits per heavy atom. The largest absolute Gasteiger partial charge is 0.327 e. The summed E-state index contributed by atoms with van der Waals surface area (Å²) in [4.78, 5) is 0. The van der Waals surface area contributed by atoms with E-state index < -0.39 is 0 Å². The van der Waals surface area contributed by atoms with E-state index in [0.717, 1.165) is 12.8 Å². The third-order valence-electron chi connectivity index (χ3n) is 4.83. The number of hydrogen-bond donors (Lipinski definition) is 1. The Labute approximate surface area is 151 Å². The molecule has 0 saturated carbocycles. The number of nitriles is 1. The quantitative estimate of drug-likeness (QED) is 0.232. The average molecular weight is 335 g/mol. The molecule has 0 heterocycles. The molecule has 2 heteroatoms. The van der Waals surface area contributed by atoms with Gasteiger partial charge in [0.1, 0.15) is 0 Å². The van der Waals surface area contributed by atoms with Gasteiger partial charge in [-0.1, -0.05) is 96.1 Å². The zero-order chi connectivity index (χ0) is 17.9. The number of hydrogen-bond acceptors (Lipinski definition) is 2. The Bertz CT molecular complexity index is 314. The predicted octanol–water partition coefficient (Wildman–Crippen LogP) is 6.90. The Hall–Kier alpha value is -0.810. The third-order valence-corrected chi connectivity index (χ3v) is 4.83. The molecule has 2 unspecified atom stereocenters. The van der Waals surface area contributed by atoms with Gasteiger partial charge in [-0.15, -0.1) is 0 Å². The van der Waals surface area contributed by atoms with Gasteiger partial charge < -0.3 is 5.73 Å². The van der Waals surface area contributed by atoms with Crippen LogP contribution in [0.2, 0.25) is 0 Å². The number of rotatable bonds is 17. The monoisotopic (exact) mass is 334 g/mol. The maximum atomic E-state index is 8.96. The van der Waals surface area contributed by atoms with Crippen molar-refractivity contribution in [2.75, 3.05) is 0 Å². The third kappa shape index (κ3) is 16.1. The smallest absolute Gasteiger partial charge is 0.0675 e. The average Bonchev–Trinajstić information content (AvgIpc) is 2.57. The van der Waals surface area contributed by atoms with E-state index in [9.17, 15) is 0 Å². The van der Waals surface area contributed by atoms with Gasteiger partial charge in [0.25, 0.3) is 0 Å². The molecule has 0 aromatic heterocycles. The number of nitrogens with zero attached hydrogens (tertiary/aromatic N) is 1. The van der Waals surface area contributed by atoms with Crippen molar-refractivity contribution in [3.8, 4) is 6.07 Å². The Morgan fingerprint density at radius 1 is 0.792 bits per heavy atom. The fraction of sp³-hybridized carbons (Fsp3) is 0.864. The minimum absolute atomic E-state index is 0.0315. The highest BCUT2D eigenvalue weighted by Crippen LogP contribution is 2.13. The summed E-state index contributed by atoms with van der Waals surface area (Å²) in [5, 5.41) is 8.96. The highest BCUT2D eigenvalue weighted by atomic mass is 14.6. The summed E-state index contributed by atoms with van der Waals surface area (Å²) < 4.78 is 0. The molecule has 0 aromatic carbocycles. The normalized spacial score (nSPS) is 13.9. The first-order valence-electron chi connectivity index (χ1n) is 10.5. The molecule has 2 N–H and O–H groups in total. The van der Waals surface area contributed by atoms with Crippen molar-refractivity contribution in [2.24, 2.45) is 11.7 Å². The molecule has 0 aliphatic heterocycles. The van der Waals surface area contributed by atoms with E-state index in [-0.39, 0.29) is 12.0 Å². The molecular formula is C22H42N2. The SMILES string of the molecule is CCCCCCCCCCCCCCC/C=C/CC(C#N)C(C)N. The van der Waals surface area contributed by atoms with Crippen molar-refractivity contribution in [3.63, 3.8) is 0 Å². The summed E-state index contributed by atoms with van der Waals surface area (Å²) in [7, 11) is 0. The van der Waals surface area contributed by atoms with Gasteiger partial charge in [-0.25, -0.2) is 0 Å². The van der Waals surface area contributed by atoms with Crippen molar-refractivity contribution in [2.45, 2.75) is 116 Å². The molecule has 0 rings (SSSR count). The summed E-state index contributed by atoms with van der Waals surface area (Å²) in [5.74, 6) is -0.0344. The second kappa shape index (κ2) is 18.5. The molecule has 2 atom stereocenters. The van der Waals surface area contributed by atoms with Gasteiger partial charge >= 0.3 is 0 Å². The van der Waals surface area contributed by atoms with Crippen molar-refractivity contribution in [1.82, 2.24) is 0 Å². The highest BCUT2D eigenvalue weighted by Gasteiger charge is 2.09. The molecule has 2 nitrogen and oxygen atoms in total. The van der Waals surface area contributed by atoms with E-state index in [0.29, 0.717) is 0 Å². The topological polar surface area (TPSA) is 49.8 Å². The molecule has 0 radical (unpaired) electrons. The molecule has 0 aliphatic carbocycles. The van der Waals surface area contributed by atoms with Crippen LogP contribution in [0.5, 0.6) is 0 Å². The van der Waals surface area contributed by atoms with E-state index in [4.69, 9.17) is 11.0 Å². The van der Waals surface area contributed by atoms with Crippen LogP contribution < -0.4 is 5.73 Å². The zero-order valence-electron chi connectivity index (χ0n) is 16.4. The van der Waals surface area contributed by atoms with Crippen LogP contribution in [0.4, 0.5) is 0 Å².